The van der Waals surface area contributed by atoms with Crippen LogP contribution in [0, 0.1) is 0 Å². The average Bonchev–Trinajstić information content (AvgIpc) is 1.58. The number of rotatable bonds is 9. The second kappa shape index (κ2) is 28.0. The molecule has 0 saturated heterocycles. The van der Waals surface area contributed by atoms with E-state index >= 15 is 0 Å². The molecular weight excluding hydrogens is 1410 g/mol. The van der Waals surface area contributed by atoms with E-state index in [0.717, 1.165) is 111 Å². The zero-order valence-electron chi connectivity index (χ0n) is 61.5. The van der Waals surface area contributed by atoms with E-state index in [0.29, 0.717) is 17.6 Å². The lowest BCUT2D eigenvalue weighted by Crippen LogP contribution is -2.21. The summed E-state index contributed by atoms with van der Waals surface area (Å²) in [6, 6.07) is 125. The third-order valence-electron chi connectivity index (χ3n) is 21.9. The maximum Gasteiger partial charge on any atom is 0.234 e. The maximum absolute atomic E-state index is 6.76. The fourth-order valence-electron chi connectivity index (χ4n) is 16.9. The highest BCUT2D eigenvalue weighted by Gasteiger charge is 2.25. The van der Waals surface area contributed by atoms with Gasteiger partial charge in [-0.25, -0.2) is 19.9 Å². The van der Waals surface area contributed by atoms with Crippen LogP contribution in [0.1, 0.15) is 5.56 Å². The molecule has 0 bridgehead atoms. The van der Waals surface area contributed by atoms with Crippen LogP contribution in [-0.4, -0.2) is 48.7 Å². The number of nitrogens with zero attached hydrogens (tertiary/aromatic N) is 10. The first-order valence-electron chi connectivity index (χ1n) is 38.0. The van der Waals surface area contributed by atoms with Crippen LogP contribution in [0.2, 0.25) is 0 Å². The van der Waals surface area contributed by atoms with E-state index in [2.05, 4.69) is 319 Å². The molecule has 23 rings (SSSR count). The number of thiophene rings is 1. The molecule has 0 radical (unpaired) electrons. The van der Waals surface area contributed by atoms with Gasteiger partial charge in [0.15, 0.2) is 5.82 Å². The van der Waals surface area contributed by atoms with Crippen molar-refractivity contribution < 1.29 is 0 Å². The van der Waals surface area contributed by atoms with Crippen molar-refractivity contribution in [1.29, 1.82) is 0 Å². The van der Waals surface area contributed by atoms with Crippen molar-refractivity contribution in [1.82, 2.24) is 42.8 Å². The van der Waals surface area contributed by atoms with Crippen molar-refractivity contribution in [3.8, 4) is 56.7 Å². The molecule has 23 aromatic rings. The zero-order valence-corrected chi connectivity index (χ0v) is 62.3. The van der Waals surface area contributed by atoms with Crippen molar-refractivity contribution in [3.63, 3.8) is 0 Å². The van der Waals surface area contributed by atoms with Gasteiger partial charge in [0.1, 0.15) is 0 Å². The highest BCUT2D eigenvalue weighted by Crippen LogP contribution is 2.46. The predicted octanol–water partition coefficient (Wildman–Crippen LogP) is 24.6. The van der Waals surface area contributed by atoms with Gasteiger partial charge in [0.05, 0.1) is 85.2 Å². The normalized spacial score (nSPS) is 12.0. The molecule has 13 heteroatoms. The molecule has 114 heavy (non-hydrogen) atoms. The zero-order chi connectivity index (χ0) is 75.7. The Balaban J connectivity index is 0.000000107. The van der Waals surface area contributed by atoms with Gasteiger partial charge in [-0.1, -0.05) is 273 Å². The van der Waals surface area contributed by atoms with Crippen LogP contribution in [0.25, 0.3) is 192 Å². The number of aromatic nitrogens is 9. The Morgan fingerprint density at radius 1 is 0.281 bits per heavy atom. The fourth-order valence-corrected chi connectivity index (χ4v) is 18.0. The molecule has 0 aliphatic carbocycles. The van der Waals surface area contributed by atoms with Gasteiger partial charge in [0.2, 0.25) is 11.9 Å². The number of aliphatic imine (C=N–C) groups is 1. The molecule has 0 fully saturated rings. The van der Waals surface area contributed by atoms with Gasteiger partial charge in [0, 0.05) is 109 Å². The summed E-state index contributed by atoms with van der Waals surface area (Å²) in [6.07, 6.45) is 9.24. The Kier molecular flexibility index (Phi) is 16.4. The molecule has 0 saturated carbocycles. The van der Waals surface area contributed by atoms with Gasteiger partial charge >= 0.3 is 0 Å². The first-order chi connectivity index (χ1) is 56.5. The van der Waals surface area contributed by atoms with Crippen LogP contribution >= 0.6 is 11.3 Å². The third-order valence-corrected chi connectivity index (χ3v) is 23.1. The van der Waals surface area contributed by atoms with E-state index < -0.39 is 0 Å². The molecule has 0 amide bonds. The van der Waals surface area contributed by atoms with Crippen LogP contribution in [0.4, 0.5) is 0 Å². The standard InChI is InChI=1S/C34H22N4.C34H21N3S.C33H25N5/c1-3-11-23(12-4-1)28-21-36-32(22-35-28)38-30-18-10-8-16-27(30)33-31(38)20-19-26-25-15-7-9-17-29(25)37(34(26)33)24-13-5-2-6-14-24;1-2-8-22(9-3-1)23-14-16-24(17-15-23)25-20-35-34(36-21-25)37-28-12-6-4-10-26(28)32-29(37)18-19-31-33(32)27-11-5-7-13-30(27)38-31;34-27(22-11-3-1-4-12-22)21-36-33(35)38-28-17-9-7-15-24(28)25-19-20-30-31(32(25)38)26-16-8-10-18-29(26)37(30)23-13-5-2-6-14-23/h1-22H;1-21H;1-21H,34H2,(H2,35,36)/b;;27-21-. The Labute approximate surface area is 658 Å². The van der Waals surface area contributed by atoms with E-state index in [4.69, 9.17) is 31.4 Å². The lowest BCUT2D eigenvalue weighted by atomic mass is 10.0. The van der Waals surface area contributed by atoms with Crippen molar-refractivity contribution in [2.45, 2.75) is 0 Å². The molecule has 0 atom stereocenters. The summed E-state index contributed by atoms with van der Waals surface area (Å²) in [5, 5.41) is 14.5. The summed E-state index contributed by atoms with van der Waals surface area (Å²) in [5.41, 5.74) is 34.4. The number of hydrogen-bond acceptors (Lipinski definition) is 7. The third kappa shape index (κ3) is 11.2. The van der Waals surface area contributed by atoms with Crippen LogP contribution in [0.3, 0.4) is 0 Å². The molecule has 0 aliphatic rings. The lowest BCUT2D eigenvalue weighted by molar-refractivity contribution is 0.990. The number of nitrogens with two attached hydrogens (primary N) is 2. The van der Waals surface area contributed by atoms with Gasteiger partial charge in [-0.05, 0) is 107 Å². The van der Waals surface area contributed by atoms with Crippen molar-refractivity contribution in [3.05, 3.63) is 394 Å². The van der Waals surface area contributed by atoms with E-state index in [1.807, 2.05) is 103 Å². The maximum atomic E-state index is 6.76. The van der Waals surface area contributed by atoms with Crippen LogP contribution in [0.5, 0.6) is 0 Å². The Morgan fingerprint density at radius 2 is 0.719 bits per heavy atom. The molecule has 538 valence electrons. The van der Waals surface area contributed by atoms with Crippen molar-refractivity contribution >= 4 is 152 Å². The van der Waals surface area contributed by atoms with Crippen LogP contribution in [-0.2, 0) is 0 Å². The quantitative estimate of drug-likeness (QED) is 0.109. The second-order valence-corrected chi connectivity index (χ2v) is 29.4. The van der Waals surface area contributed by atoms with E-state index in [1.165, 1.54) is 74.6 Å². The molecule has 8 heterocycles. The van der Waals surface area contributed by atoms with Gasteiger partial charge in [-0.2, -0.15) is 0 Å². The van der Waals surface area contributed by atoms with Crippen molar-refractivity contribution in [2.24, 2.45) is 16.5 Å². The average molecular weight is 1480 g/mol. The molecule has 0 unspecified atom stereocenters. The van der Waals surface area contributed by atoms with Crippen molar-refractivity contribution in [2.75, 3.05) is 0 Å². The summed E-state index contributed by atoms with van der Waals surface area (Å²) in [7, 11) is 0. The molecule has 15 aromatic carbocycles. The summed E-state index contributed by atoms with van der Waals surface area (Å²) < 4.78 is 13.8. The number of fused-ring (bicyclic) bond motifs is 21. The topological polar surface area (TPSA) is 141 Å². The highest BCUT2D eigenvalue weighted by molar-refractivity contribution is 7.26. The number of benzene rings is 15. The molecule has 0 spiro atoms. The molecule has 0 aliphatic heterocycles. The molecule has 4 N–H and O–H groups in total. The summed E-state index contributed by atoms with van der Waals surface area (Å²) in [5.74, 6) is 1.84. The lowest BCUT2D eigenvalue weighted by Gasteiger charge is -2.09. The summed E-state index contributed by atoms with van der Waals surface area (Å²) >= 11 is 1.85. The number of hydrogen-bond donors (Lipinski definition) is 2. The second-order valence-electron chi connectivity index (χ2n) is 28.4. The predicted molar refractivity (Wildman–Crippen MR) is 476 cm³/mol. The first-order valence-corrected chi connectivity index (χ1v) is 38.8. The molecule has 8 aromatic heterocycles. The largest absolute Gasteiger partial charge is 0.397 e. The minimum atomic E-state index is 0.360. The van der Waals surface area contributed by atoms with Gasteiger partial charge < -0.3 is 20.6 Å². The summed E-state index contributed by atoms with van der Waals surface area (Å²) in [4.78, 5) is 24.1. The molecular formula is C101H68N12S. The van der Waals surface area contributed by atoms with Crippen LogP contribution < -0.4 is 11.5 Å². The smallest absolute Gasteiger partial charge is 0.234 e. The monoisotopic (exact) mass is 1480 g/mol. The van der Waals surface area contributed by atoms with E-state index in [9.17, 15) is 0 Å². The summed E-state index contributed by atoms with van der Waals surface area (Å²) in [6.45, 7) is 0. The molecule has 12 nitrogen and oxygen atoms in total. The van der Waals surface area contributed by atoms with Gasteiger partial charge in [-0.15, -0.1) is 11.3 Å². The van der Waals surface area contributed by atoms with Crippen LogP contribution in [0.15, 0.2) is 394 Å². The SMILES string of the molecule is NC(=N/C=C(\N)c1ccccc1)n1c2ccccc2c2ccc3c(c4ccccc4n3-c3ccccc3)c21.c1ccc(-c2ccc(-c3cnc(-n4c5ccccc5c5c6c(ccc54)sc4ccccc46)nc3)cc2)cc1.c1ccc(-c2cnc(-n3c4ccccc4c4c3ccc3c5ccccc5n(-c5ccccc5)c34)cn2)cc1. The Hall–Kier alpha value is -15.3. The fraction of sp³-hybridized carbons (Fsp3) is 0. The van der Waals surface area contributed by atoms with E-state index in [-0.39, 0.29) is 0 Å². The minimum absolute atomic E-state index is 0.360. The number of para-hydroxylation sites is 7. The first kappa shape index (κ1) is 66.9. The Bertz CT molecular complexity index is 7690. The van der Waals surface area contributed by atoms with E-state index in [1.54, 1.807) is 6.20 Å². The Morgan fingerprint density at radius 3 is 1.33 bits per heavy atom. The minimum Gasteiger partial charge on any atom is -0.397 e. The van der Waals surface area contributed by atoms with Gasteiger partial charge in [0.25, 0.3) is 0 Å². The highest BCUT2D eigenvalue weighted by atomic mass is 32.1. The van der Waals surface area contributed by atoms with Gasteiger partial charge in [-0.3, -0.25) is 18.7 Å².